The Labute approximate surface area is 131 Å². The lowest BCUT2D eigenvalue weighted by Crippen LogP contribution is -2.26. The number of carbonyl (C=O) groups is 1. The molecule has 1 amide bonds. The Morgan fingerprint density at radius 2 is 2.14 bits per heavy atom. The van der Waals surface area contributed by atoms with Gasteiger partial charge in [0, 0.05) is 25.4 Å². The van der Waals surface area contributed by atoms with Crippen LogP contribution in [-0.2, 0) is 17.8 Å². The summed E-state index contributed by atoms with van der Waals surface area (Å²) in [5, 5.41) is 3.03. The molecule has 3 rings (SSSR count). The van der Waals surface area contributed by atoms with Crippen LogP contribution in [0.1, 0.15) is 38.9 Å². The van der Waals surface area contributed by atoms with Gasteiger partial charge in [-0.1, -0.05) is 26.0 Å². The Kier molecular flexibility index (Phi) is 4.46. The van der Waals surface area contributed by atoms with Crippen LogP contribution in [0.15, 0.2) is 24.3 Å². The van der Waals surface area contributed by atoms with Crippen molar-refractivity contribution in [3.05, 3.63) is 30.1 Å². The largest absolute Gasteiger partial charge is 0.356 e. The second kappa shape index (κ2) is 6.51. The highest BCUT2D eigenvalue weighted by atomic mass is 16.2. The van der Waals surface area contributed by atoms with Crippen molar-refractivity contribution in [1.29, 1.82) is 0 Å². The van der Waals surface area contributed by atoms with E-state index in [9.17, 15) is 4.79 Å². The number of para-hydroxylation sites is 2. The predicted molar refractivity (Wildman–Crippen MR) is 88.6 cm³/mol. The third kappa shape index (κ3) is 3.49. The number of aryl methyl sites for hydroxylation is 1. The van der Waals surface area contributed by atoms with E-state index in [4.69, 9.17) is 4.98 Å². The zero-order valence-electron chi connectivity index (χ0n) is 13.5. The normalized spacial score (nSPS) is 14.7. The van der Waals surface area contributed by atoms with Gasteiger partial charge in [-0.2, -0.15) is 0 Å². The third-order valence-corrected chi connectivity index (χ3v) is 4.11. The lowest BCUT2D eigenvalue weighted by molar-refractivity contribution is -0.122. The molecule has 0 atom stereocenters. The van der Waals surface area contributed by atoms with Gasteiger partial charge in [0.05, 0.1) is 11.0 Å². The highest BCUT2D eigenvalue weighted by Gasteiger charge is 2.28. The first-order valence-corrected chi connectivity index (χ1v) is 8.37. The van der Waals surface area contributed by atoms with Gasteiger partial charge >= 0.3 is 0 Å². The molecule has 0 radical (unpaired) electrons. The lowest BCUT2D eigenvalue weighted by atomic mass is 10.2. The molecule has 1 aliphatic rings. The van der Waals surface area contributed by atoms with Crippen molar-refractivity contribution < 1.29 is 4.79 Å². The van der Waals surface area contributed by atoms with Crippen molar-refractivity contribution in [2.45, 2.75) is 46.1 Å². The molecule has 118 valence electrons. The van der Waals surface area contributed by atoms with Crippen molar-refractivity contribution in [3.63, 3.8) is 0 Å². The van der Waals surface area contributed by atoms with Crippen LogP contribution in [0.4, 0.5) is 0 Å². The van der Waals surface area contributed by atoms with Gasteiger partial charge in [-0.15, -0.1) is 0 Å². The maximum Gasteiger partial charge on any atom is 0.223 e. The number of benzene rings is 1. The molecule has 4 heteroatoms. The average Bonchev–Trinajstić information content (AvgIpc) is 3.28. The minimum absolute atomic E-state index is 0.232. The molecule has 1 fully saturated rings. The van der Waals surface area contributed by atoms with Gasteiger partial charge < -0.3 is 9.88 Å². The quantitative estimate of drug-likeness (QED) is 0.798. The van der Waals surface area contributed by atoms with E-state index in [0.717, 1.165) is 50.1 Å². The number of hydrogen-bond donors (Lipinski definition) is 1. The van der Waals surface area contributed by atoms with E-state index < -0.39 is 0 Å². The first kappa shape index (κ1) is 15.1. The summed E-state index contributed by atoms with van der Waals surface area (Å²) in [6, 6.07) is 8.32. The number of hydrogen-bond acceptors (Lipinski definition) is 2. The van der Waals surface area contributed by atoms with Crippen molar-refractivity contribution in [2.24, 2.45) is 11.8 Å². The summed E-state index contributed by atoms with van der Waals surface area (Å²) in [5.41, 5.74) is 2.29. The van der Waals surface area contributed by atoms with Crippen molar-refractivity contribution in [3.8, 4) is 0 Å². The Hall–Kier alpha value is -1.84. The minimum Gasteiger partial charge on any atom is -0.356 e. The highest BCUT2D eigenvalue weighted by molar-refractivity contribution is 5.80. The molecule has 0 aliphatic heterocycles. The summed E-state index contributed by atoms with van der Waals surface area (Å²) in [6.07, 6.45) is 3.98. The predicted octanol–water partition coefficient (Wildman–Crippen LogP) is 3.15. The molecule has 0 bridgehead atoms. The van der Waals surface area contributed by atoms with Gasteiger partial charge in [-0.3, -0.25) is 4.79 Å². The summed E-state index contributed by atoms with van der Waals surface area (Å²) in [5.74, 6) is 2.25. The number of fused-ring (bicyclic) bond motifs is 1. The number of imidazole rings is 1. The molecule has 1 aromatic carbocycles. The van der Waals surface area contributed by atoms with Gasteiger partial charge in [-0.05, 0) is 37.3 Å². The summed E-state index contributed by atoms with van der Waals surface area (Å²) in [6.45, 7) is 6.20. The molecule has 0 saturated heterocycles. The lowest BCUT2D eigenvalue weighted by Gasteiger charge is -2.12. The van der Waals surface area contributed by atoms with Crippen LogP contribution >= 0.6 is 0 Å². The molecule has 22 heavy (non-hydrogen) atoms. The Morgan fingerprint density at radius 3 is 2.86 bits per heavy atom. The van der Waals surface area contributed by atoms with E-state index in [2.05, 4.69) is 41.9 Å². The summed E-state index contributed by atoms with van der Waals surface area (Å²) >= 11 is 0. The number of nitrogens with one attached hydrogen (secondary N) is 1. The maximum absolute atomic E-state index is 11.6. The fourth-order valence-electron chi connectivity index (χ4n) is 2.83. The van der Waals surface area contributed by atoms with E-state index in [-0.39, 0.29) is 5.91 Å². The number of amides is 1. The topological polar surface area (TPSA) is 46.9 Å². The van der Waals surface area contributed by atoms with Gasteiger partial charge in [-0.25, -0.2) is 4.98 Å². The van der Waals surface area contributed by atoms with Crippen LogP contribution in [0.3, 0.4) is 0 Å². The molecule has 4 nitrogen and oxygen atoms in total. The van der Waals surface area contributed by atoms with Crippen LogP contribution in [-0.4, -0.2) is 22.0 Å². The fraction of sp³-hybridized carbons (Fsp3) is 0.556. The number of nitrogens with zero attached hydrogens (tertiary/aromatic N) is 2. The Bertz CT molecular complexity index is 655. The second-order valence-corrected chi connectivity index (χ2v) is 6.69. The molecule has 1 N–H and O–H groups in total. The van der Waals surface area contributed by atoms with Gasteiger partial charge in [0.2, 0.25) is 5.91 Å². The van der Waals surface area contributed by atoms with Gasteiger partial charge in [0.25, 0.3) is 0 Å². The summed E-state index contributed by atoms with van der Waals surface area (Å²) < 4.78 is 2.34. The Morgan fingerprint density at radius 1 is 1.36 bits per heavy atom. The molecule has 1 aromatic heterocycles. The van der Waals surface area contributed by atoms with E-state index in [1.54, 1.807) is 0 Å². The van der Waals surface area contributed by atoms with Crippen LogP contribution < -0.4 is 5.32 Å². The van der Waals surface area contributed by atoms with Crippen molar-refractivity contribution >= 4 is 16.9 Å². The van der Waals surface area contributed by atoms with E-state index in [1.165, 1.54) is 5.52 Å². The van der Waals surface area contributed by atoms with Gasteiger partial charge in [0.1, 0.15) is 5.82 Å². The average molecular weight is 299 g/mol. The summed E-state index contributed by atoms with van der Waals surface area (Å²) in [7, 11) is 0. The Balaban J connectivity index is 1.65. The highest BCUT2D eigenvalue weighted by Crippen LogP contribution is 2.28. The molecule has 0 spiro atoms. The standard InChI is InChI=1S/C18H25N3O/c1-13(2)12-21-16-7-4-3-6-15(16)20-17(21)8-5-11-19-18(22)14-9-10-14/h3-4,6-7,13-14H,5,8-12H2,1-2H3,(H,19,22). The first-order valence-electron chi connectivity index (χ1n) is 8.37. The van der Waals surface area contributed by atoms with E-state index in [0.29, 0.717) is 11.8 Å². The maximum atomic E-state index is 11.6. The molecular formula is C18H25N3O. The van der Waals surface area contributed by atoms with Crippen molar-refractivity contribution in [1.82, 2.24) is 14.9 Å². The summed E-state index contributed by atoms with van der Waals surface area (Å²) in [4.78, 5) is 16.4. The van der Waals surface area contributed by atoms with Gasteiger partial charge in [0.15, 0.2) is 0 Å². The molecular weight excluding hydrogens is 274 g/mol. The monoisotopic (exact) mass is 299 g/mol. The second-order valence-electron chi connectivity index (χ2n) is 6.69. The van der Waals surface area contributed by atoms with E-state index >= 15 is 0 Å². The third-order valence-electron chi connectivity index (χ3n) is 4.11. The fourth-order valence-corrected chi connectivity index (χ4v) is 2.83. The van der Waals surface area contributed by atoms with E-state index in [1.807, 2.05) is 6.07 Å². The molecule has 1 aliphatic carbocycles. The van der Waals surface area contributed by atoms with Crippen LogP contribution in [0, 0.1) is 11.8 Å². The van der Waals surface area contributed by atoms with Crippen LogP contribution in [0.2, 0.25) is 0 Å². The first-order chi connectivity index (χ1) is 10.6. The smallest absolute Gasteiger partial charge is 0.223 e. The molecule has 0 unspecified atom stereocenters. The minimum atomic E-state index is 0.232. The zero-order chi connectivity index (χ0) is 15.5. The van der Waals surface area contributed by atoms with Crippen molar-refractivity contribution in [2.75, 3.05) is 6.54 Å². The number of carbonyl (C=O) groups excluding carboxylic acids is 1. The zero-order valence-corrected chi connectivity index (χ0v) is 13.5. The number of aromatic nitrogens is 2. The molecule has 1 saturated carbocycles. The molecule has 1 heterocycles. The molecule has 2 aromatic rings. The van der Waals surface area contributed by atoms with Crippen LogP contribution in [0.5, 0.6) is 0 Å². The number of rotatable bonds is 7. The van der Waals surface area contributed by atoms with Crippen LogP contribution in [0.25, 0.3) is 11.0 Å². The SMILES string of the molecule is CC(C)Cn1c(CCCNC(=O)C2CC2)nc2ccccc21.